The number of hydrogen-bond donors (Lipinski definition) is 3. The van der Waals surface area contributed by atoms with Gasteiger partial charge >= 0.3 is 0 Å². The zero-order valence-corrected chi connectivity index (χ0v) is 24.4. The Kier molecular flexibility index (Phi) is 9.62. The van der Waals surface area contributed by atoms with Crippen LogP contribution in [-0.4, -0.2) is 68.8 Å². The zero-order chi connectivity index (χ0) is 29.1. The van der Waals surface area contributed by atoms with E-state index in [1.165, 1.54) is 4.31 Å². The average Bonchev–Trinajstić information content (AvgIpc) is 3.08. The molecule has 2 aromatic carbocycles. The average molecular weight is 611 g/mol. The van der Waals surface area contributed by atoms with E-state index in [1.54, 1.807) is 12.1 Å². The van der Waals surface area contributed by atoms with E-state index in [2.05, 4.69) is 10.6 Å². The molecule has 3 saturated heterocycles. The summed E-state index contributed by atoms with van der Waals surface area (Å²) in [5.41, 5.74) is 7.13. The van der Waals surface area contributed by atoms with Crippen LogP contribution in [0.1, 0.15) is 49.1 Å². The molecule has 3 fully saturated rings. The van der Waals surface area contributed by atoms with E-state index >= 15 is 8.78 Å². The Hall–Kier alpha value is -2.15. The minimum absolute atomic E-state index is 0.00555. The lowest BCUT2D eigenvalue weighted by Gasteiger charge is -2.37. The van der Waals surface area contributed by atoms with Gasteiger partial charge in [0.25, 0.3) is 0 Å². The van der Waals surface area contributed by atoms with Crippen molar-refractivity contribution in [1.82, 2.24) is 9.62 Å². The van der Waals surface area contributed by atoms with Gasteiger partial charge < -0.3 is 21.1 Å². The molecule has 3 heterocycles. The van der Waals surface area contributed by atoms with Crippen LogP contribution < -0.4 is 16.4 Å². The number of amides is 1. The number of fused-ring (bicyclic) bond motifs is 2. The molecule has 0 radical (unpaired) electrons. The number of benzene rings is 2. The largest absolute Gasteiger partial charge is 0.381 e. The third kappa shape index (κ3) is 6.92. The number of hydrogen-bond acceptors (Lipinski definition) is 6. The number of nitrogens with one attached hydrogen (secondary N) is 2. The minimum Gasteiger partial charge on any atom is -0.381 e. The summed E-state index contributed by atoms with van der Waals surface area (Å²) in [7, 11) is -3.43. The molecule has 41 heavy (non-hydrogen) atoms. The van der Waals surface area contributed by atoms with E-state index in [4.69, 9.17) is 22.1 Å². The molecule has 2 bridgehead atoms. The molecule has 0 aromatic heterocycles. The molecule has 3 unspecified atom stereocenters. The summed E-state index contributed by atoms with van der Waals surface area (Å²) in [4.78, 5) is 13.5. The molecular weight excluding hydrogens is 574 g/mol. The number of halogens is 3. The lowest BCUT2D eigenvalue weighted by atomic mass is 9.76. The molecule has 0 saturated carbocycles. The Morgan fingerprint density at radius 2 is 1.83 bits per heavy atom. The van der Waals surface area contributed by atoms with Crippen molar-refractivity contribution < 1.29 is 26.7 Å². The summed E-state index contributed by atoms with van der Waals surface area (Å²) in [5.74, 6) is -2.32. The number of rotatable bonds is 8. The summed E-state index contributed by atoms with van der Waals surface area (Å²) in [6.45, 7) is 1.90. The van der Waals surface area contributed by atoms with Crippen LogP contribution in [-0.2, 0) is 26.0 Å². The van der Waals surface area contributed by atoms with E-state index in [1.807, 2.05) is 12.1 Å². The second-order valence-corrected chi connectivity index (χ2v) is 13.7. The number of piperazine rings is 1. The number of ether oxygens (including phenoxy) is 1. The van der Waals surface area contributed by atoms with E-state index < -0.39 is 39.6 Å². The molecule has 5 atom stereocenters. The van der Waals surface area contributed by atoms with Gasteiger partial charge in [-0.15, -0.1) is 0 Å². The van der Waals surface area contributed by atoms with Crippen molar-refractivity contribution >= 4 is 33.2 Å². The third-order valence-electron chi connectivity index (χ3n) is 8.66. The fourth-order valence-electron chi connectivity index (χ4n) is 6.43. The third-order valence-corrected chi connectivity index (χ3v) is 10.9. The highest BCUT2D eigenvalue weighted by Gasteiger charge is 2.38. The fraction of sp³-hybridized carbons (Fsp3) is 0.552. The van der Waals surface area contributed by atoms with Gasteiger partial charge in [0.2, 0.25) is 15.9 Å². The summed E-state index contributed by atoms with van der Waals surface area (Å²) in [5, 5.41) is 6.54. The van der Waals surface area contributed by atoms with Crippen LogP contribution in [0.4, 0.5) is 14.5 Å². The Morgan fingerprint density at radius 3 is 2.56 bits per heavy atom. The topological polar surface area (TPSA) is 114 Å². The Balaban J connectivity index is 1.36. The number of carbonyl (C=O) groups is 1. The number of nitrogens with two attached hydrogens (primary N) is 1. The zero-order valence-electron chi connectivity index (χ0n) is 22.8. The molecule has 8 nitrogen and oxygen atoms in total. The molecule has 3 aliphatic rings. The number of nitrogens with zero attached hydrogens (tertiary/aromatic N) is 1. The predicted molar refractivity (Wildman–Crippen MR) is 154 cm³/mol. The molecule has 0 spiro atoms. The summed E-state index contributed by atoms with van der Waals surface area (Å²) >= 11 is 6.09. The summed E-state index contributed by atoms with van der Waals surface area (Å²) in [6, 6.07) is 7.80. The van der Waals surface area contributed by atoms with Crippen molar-refractivity contribution in [3.8, 4) is 0 Å². The highest BCUT2D eigenvalue weighted by molar-refractivity contribution is 7.89. The van der Waals surface area contributed by atoms with E-state index in [0.717, 1.165) is 24.1 Å². The summed E-state index contributed by atoms with van der Waals surface area (Å²) in [6.07, 6.45) is 3.10. The number of sulfonamides is 1. The van der Waals surface area contributed by atoms with Crippen LogP contribution in [0.15, 0.2) is 36.4 Å². The molecule has 12 heteroatoms. The molecule has 3 aliphatic heterocycles. The second-order valence-electron chi connectivity index (χ2n) is 11.3. The van der Waals surface area contributed by atoms with Crippen molar-refractivity contribution in [2.75, 3.05) is 37.4 Å². The Morgan fingerprint density at radius 1 is 1.12 bits per heavy atom. The number of anilines is 1. The molecule has 5 rings (SSSR count). The lowest BCUT2D eigenvalue weighted by Crippen LogP contribution is -2.57. The first kappa shape index (κ1) is 30.3. The van der Waals surface area contributed by atoms with E-state index in [9.17, 15) is 13.2 Å². The van der Waals surface area contributed by atoms with Crippen molar-refractivity contribution in [3.05, 3.63) is 64.2 Å². The fourth-order valence-corrected chi connectivity index (χ4v) is 8.36. The molecule has 224 valence electrons. The SMILES string of the molecule is NC(C(=O)Nc1c(F)ccc(F)c1CC[C@H]1CN[C@@H]2CCCS(=O)(=O)N1C2)C(c1ccc(Cl)cc1)C1CCOCC1. The van der Waals surface area contributed by atoms with Gasteiger partial charge in [0.15, 0.2) is 0 Å². The standard InChI is InChI=1S/C29H37ClF2N4O4S/c30-20-5-3-18(4-6-20)26(19-11-13-40-14-12-19)27(33)29(37)35-28-23(24(31)9-10-25(28)32)8-7-22-16-34-21-2-1-15-41(38,39)36(22)17-21/h3-6,9-10,19,21-22,26-27,34H,1-2,7-8,11-17,33H2,(H,35,37)/t21-,22+,26?,27?/m1/s1. The molecule has 0 aliphatic carbocycles. The van der Waals surface area contributed by atoms with Crippen LogP contribution in [0.25, 0.3) is 0 Å². The molecular formula is C29H37ClF2N4O4S. The minimum atomic E-state index is -3.43. The number of carbonyl (C=O) groups excluding carboxylic acids is 1. The summed E-state index contributed by atoms with van der Waals surface area (Å²) < 4.78 is 63.0. The van der Waals surface area contributed by atoms with Gasteiger partial charge in [-0.05, 0) is 74.3 Å². The lowest BCUT2D eigenvalue weighted by molar-refractivity contribution is -0.118. The van der Waals surface area contributed by atoms with Gasteiger partial charge in [-0.1, -0.05) is 23.7 Å². The Bertz CT molecular complexity index is 1340. The van der Waals surface area contributed by atoms with E-state index in [0.29, 0.717) is 50.6 Å². The van der Waals surface area contributed by atoms with Crippen molar-refractivity contribution in [3.63, 3.8) is 0 Å². The van der Waals surface area contributed by atoms with Crippen LogP contribution >= 0.6 is 11.6 Å². The van der Waals surface area contributed by atoms with Crippen LogP contribution in [0.5, 0.6) is 0 Å². The molecule has 4 N–H and O–H groups in total. The quantitative estimate of drug-likeness (QED) is 0.419. The first-order valence-electron chi connectivity index (χ1n) is 14.2. The monoisotopic (exact) mass is 610 g/mol. The van der Waals surface area contributed by atoms with Crippen LogP contribution in [0.3, 0.4) is 0 Å². The molecule has 2 aromatic rings. The second kappa shape index (κ2) is 13.0. The van der Waals surface area contributed by atoms with Crippen molar-refractivity contribution in [1.29, 1.82) is 0 Å². The smallest absolute Gasteiger partial charge is 0.242 e. The maximum Gasteiger partial charge on any atom is 0.242 e. The van der Waals surface area contributed by atoms with Gasteiger partial charge in [0, 0.05) is 54.9 Å². The van der Waals surface area contributed by atoms with Gasteiger partial charge in [-0.2, -0.15) is 4.31 Å². The van der Waals surface area contributed by atoms with Gasteiger partial charge in [-0.3, -0.25) is 4.79 Å². The predicted octanol–water partition coefficient (Wildman–Crippen LogP) is 3.79. The maximum atomic E-state index is 15.2. The normalized spacial score (nSPS) is 26.1. The van der Waals surface area contributed by atoms with E-state index in [-0.39, 0.29) is 47.7 Å². The first-order valence-corrected chi connectivity index (χ1v) is 16.2. The highest BCUT2D eigenvalue weighted by atomic mass is 35.5. The molecule has 1 amide bonds. The van der Waals surface area contributed by atoms with Gasteiger partial charge in [-0.25, -0.2) is 17.2 Å². The van der Waals surface area contributed by atoms with Crippen LogP contribution in [0.2, 0.25) is 5.02 Å². The highest BCUT2D eigenvalue weighted by Crippen LogP contribution is 2.36. The van der Waals surface area contributed by atoms with Crippen molar-refractivity contribution in [2.24, 2.45) is 11.7 Å². The van der Waals surface area contributed by atoms with Gasteiger partial charge in [0.05, 0.1) is 17.5 Å². The maximum absolute atomic E-state index is 15.2. The van der Waals surface area contributed by atoms with Crippen molar-refractivity contribution in [2.45, 2.75) is 62.6 Å². The van der Waals surface area contributed by atoms with Crippen LogP contribution in [0, 0.1) is 17.6 Å². The Labute approximate surface area is 245 Å². The van der Waals surface area contributed by atoms with Gasteiger partial charge in [0.1, 0.15) is 11.6 Å². The first-order chi connectivity index (χ1) is 19.6.